The lowest BCUT2D eigenvalue weighted by Gasteiger charge is -2.18. The first-order chi connectivity index (χ1) is 11.6. The van der Waals surface area contributed by atoms with Crippen molar-refractivity contribution in [2.45, 2.75) is 72.0 Å². The standard InChI is InChI=1S/C22H34O2/c1-4-5-6-7-8-9-11-14-19(2)22(23)20(3)17-24-18-21-15-12-10-13-16-21/h10-13,15-16,20,22-23H,4-9,17-18H2,1-3H3/t14?,20-,22+/m1/s1. The van der Waals surface area contributed by atoms with Gasteiger partial charge in [0.05, 0.1) is 19.3 Å². The molecule has 2 nitrogen and oxygen atoms in total. The molecular formula is C22H34O2. The second-order valence-corrected chi connectivity index (χ2v) is 6.66. The maximum atomic E-state index is 10.4. The third-order valence-electron chi connectivity index (χ3n) is 4.26. The highest BCUT2D eigenvalue weighted by atomic mass is 16.5. The highest BCUT2D eigenvalue weighted by molar-refractivity contribution is 5.13. The summed E-state index contributed by atoms with van der Waals surface area (Å²) in [6.07, 6.45) is 9.07. The zero-order valence-electron chi connectivity index (χ0n) is 15.6. The minimum absolute atomic E-state index is 0.0687. The normalized spacial score (nSPS) is 13.2. The number of ether oxygens (including phenoxy) is 1. The monoisotopic (exact) mass is 330 g/mol. The van der Waals surface area contributed by atoms with Crippen LogP contribution in [-0.2, 0) is 11.3 Å². The van der Waals surface area contributed by atoms with Crippen LogP contribution in [0.3, 0.4) is 0 Å². The molecule has 0 bridgehead atoms. The first-order valence-electron chi connectivity index (χ1n) is 9.36. The Kier molecular flexibility index (Phi) is 11.2. The van der Waals surface area contributed by atoms with E-state index in [9.17, 15) is 5.11 Å². The third-order valence-corrected chi connectivity index (χ3v) is 4.26. The van der Waals surface area contributed by atoms with E-state index in [1.54, 1.807) is 0 Å². The summed E-state index contributed by atoms with van der Waals surface area (Å²) in [5.74, 6) is 0.0687. The molecule has 24 heavy (non-hydrogen) atoms. The van der Waals surface area contributed by atoms with E-state index in [0.29, 0.717) is 13.2 Å². The molecule has 0 unspecified atom stereocenters. The Bertz CT molecular complexity index is 486. The molecule has 0 saturated carbocycles. The molecule has 0 aliphatic heterocycles. The van der Waals surface area contributed by atoms with Gasteiger partial charge in [-0.3, -0.25) is 0 Å². The van der Waals surface area contributed by atoms with Gasteiger partial charge in [0, 0.05) is 5.92 Å². The van der Waals surface area contributed by atoms with Crippen molar-refractivity contribution < 1.29 is 9.84 Å². The Morgan fingerprint density at radius 1 is 1.17 bits per heavy atom. The maximum Gasteiger partial charge on any atom is 0.0868 e. The van der Waals surface area contributed by atoms with E-state index in [1.165, 1.54) is 32.1 Å². The lowest BCUT2D eigenvalue weighted by atomic mass is 9.99. The summed E-state index contributed by atoms with van der Waals surface area (Å²) < 4.78 is 5.72. The van der Waals surface area contributed by atoms with Crippen molar-refractivity contribution in [3.63, 3.8) is 0 Å². The fourth-order valence-electron chi connectivity index (χ4n) is 2.62. The van der Waals surface area contributed by atoms with Gasteiger partial charge < -0.3 is 9.84 Å². The van der Waals surface area contributed by atoms with Crippen LogP contribution < -0.4 is 0 Å². The zero-order chi connectivity index (χ0) is 17.6. The Labute approximate surface area is 148 Å². The van der Waals surface area contributed by atoms with Crippen molar-refractivity contribution in [2.24, 2.45) is 5.92 Å². The smallest absolute Gasteiger partial charge is 0.0868 e. The van der Waals surface area contributed by atoms with E-state index in [-0.39, 0.29) is 5.92 Å². The molecule has 0 aliphatic rings. The number of hydrogen-bond donors (Lipinski definition) is 1. The van der Waals surface area contributed by atoms with Crippen molar-refractivity contribution in [3.05, 3.63) is 53.3 Å². The Balaban J connectivity index is 2.27. The molecule has 0 amide bonds. The largest absolute Gasteiger partial charge is 0.388 e. The van der Waals surface area contributed by atoms with Gasteiger partial charge in [-0.25, -0.2) is 0 Å². The predicted molar refractivity (Wildman–Crippen MR) is 102 cm³/mol. The number of hydrogen-bond acceptors (Lipinski definition) is 2. The van der Waals surface area contributed by atoms with Crippen molar-refractivity contribution in [3.8, 4) is 0 Å². The van der Waals surface area contributed by atoms with Crippen LogP contribution in [0.15, 0.2) is 47.7 Å². The Morgan fingerprint density at radius 3 is 2.58 bits per heavy atom. The molecule has 1 rings (SSSR count). The highest BCUT2D eigenvalue weighted by Crippen LogP contribution is 2.13. The van der Waals surface area contributed by atoms with Crippen molar-refractivity contribution in [1.82, 2.24) is 0 Å². The van der Waals surface area contributed by atoms with E-state index in [0.717, 1.165) is 17.6 Å². The molecule has 0 aliphatic carbocycles. The summed E-state index contributed by atoms with van der Waals surface area (Å²) in [6, 6.07) is 10.1. The van der Waals surface area contributed by atoms with Crippen molar-refractivity contribution >= 4 is 0 Å². The van der Waals surface area contributed by atoms with Crippen LogP contribution in [-0.4, -0.2) is 17.8 Å². The first-order valence-corrected chi connectivity index (χ1v) is 9.36. The molecule has 1 aromatic carbocycles. The van der Waals surface area contributed by atoms with Gasteiger partial charge in [0.25, 0.3) is 0 Å². The molecule has 1 N–H and O–H groups in total. The average Bonchev–Trinajstić information content (AvgIpc) is 2.61. The summed E-state index contributed by atoms with van der Waals surface area (Å²) >= 11 is 0. The molecule has 0 fully saturated rings. The van der Waals surface area contributed by atoms with Gasteiger partial charge in [0.15, 0.2) is 0 Å². The molecule has 0 heterocycles. The van der Waals surface area contributed by atoms with Gasteiger partial charge in [0.2, 0.25) is 0 Å². The van der Waals surface area contributed by atoms with Crippen LogP contribution in [0.2, 0.25) is 0 Å². The van der Waals surface area contributed by atoms with Crippen LogP contribution in [0.1, 0.15) is 64.9 Å². The molecule has 0 aromatic heterocycles. The second kappa shape index (κ2) is 13.0. The fraction of sp³-hybridized carbons (Fsp3) is 0.591. The van der Waals surface area contributed by atoms with Gasteiger partial charge in [-0.05, 0) is 37.0 Å². The van der Waals surface area contributed by atoms with E-state index in [4.69, 9.17) is 4.74 Å². The number of benzene rings is 1. The zero-order valence-corrected chi connectivity index (χ0v) is 15.6. The van der Waals surface area contributed by atoms with Gasteiger partial charge >= 0.3 is 0 Å². The summed E-state index contributed by atoms with van der Waals surface area (Å²) in [4.78, 5) is 0. The Morgan fingerprint density at radius 2 is 1.88 bits per heavy atom. The SMILES string of the molecule is CCCCCCCC=C=C(C)[C@H](O)[C@H](C)COCc1ccccc1. The average molecular weight is 331 g/mol. The molecule has 0 saturated heterocycles. The van der Waals surface area contributed by atoms with Gasteiger partial charge in [-0.1, -0.05) is 69.9 Å². The molecule has 134 valence electrons. The van der Waals surface area contributed by atoms with E-state index < -0.39 is 6.10 Å². The number of aliphatic hydroxyl groups is 1. The lowest BCUT2D eigenvalue weighted by molar-refractivity contribution is 0.0432. The molecule has 2 heteroatoms. The summed E-state index contributed by atoms with van der Waals surface area (Å²) in [5.41, 5.74) is 5.31. The topological polar surface area (TPSA) is 29.5 Å². The predicted octanol–water partition coefficient (Wildman–Crippen LogP) is 5.66. The maximum absolute atomic E-state index is 10.4. The van der Waals surface area contributed by atoms with Crippen LogP contribution in [0.25, 0.3) is 0 Å². The minimum atomic E-state index is -0.489. The number of aliphatic hydroxyl groups excluding tert-OH is 1. The van der Waals surface area contributed by atoms with Crippen LogP contribution >= 0.6 is 0 Å². The van der Waals surface area contributed by atoms with E-state index in [1.807, 2.05) is 32.0 Å². The molecule has 0 radical (unpaired) electrons. The van der Waals surface area contributed by atoms with Gasteiger partial charge in [-0.15, -0.1) is 5.73 Å². The van der Waals surface area contributed by atoms with E-state index >= 15 is 0 Å². The lowest BCUT2D eigenvalue weighted by Crippen LogP contribution is -2.23. The van der Waals surface area contributed by atoms with Crippen LogP contribution in [0.4, 0.5) is 0 Å². The second-order valence-electron chi connectivity index (χ2n) is 6.66. The van der Waals surface area contributed by atoms with Gasteiger partial charge in [-0.2, -0.15) is 0 Å². The van der Waals surface area contributed by atoms with Crippen molar-refractivity contribution in [2.75, 3.05) is 6.61 Å². The van der Waals surface area contributed by atoms with Crippen LogP contribution in [0.5, 0.6) is 0 Å². The van der Waals surface area contributed by atoms with Gasteiger partial charge in [0.1, 0.15) is 0 Å². The first kappa shape index (κ1) is 20.7. The fourth-order valence-corrected chi connectivity index (χ4v) is 2.62. The summed E-state index contributed by atoms with van der Waals surface area (Å²) in [5, 5.41) is 10.4. The molecule has 0 spiro atoms. The number of rotatable bonds is 12. The number of unbranched alkanes of at least 4 members (excludes halogenated alkanes) is 5. The Hall–Kier alpha value is -1.34. The third kappa shape index (κ3) is 9.08. The minimum Gasteiger partial charge on any atom is -0.388 e. The quantitative estimate of drug-likeness (QED) is 0.396. The highest BCUT2D eigenvalue weighted by Gasteiger charge is 2.15. The molecule has 2 atom stereocenters. The molecular weight excluding hydrogens is 296 g/mol. The summed E-state index contributed by atoms with van der Waals surface area (Å²) in [6.45, 7) is 7.34. The summed E-state index contributed by atoms with van der Waals surface area (Å²) in [7, 11) is 0. The van der Waals surface area contributed by atoms with Crippen LogP contribution in [0, 0.1) is 5.92 Å². The molecule has 1 aromatic rings. The van der Waals surface area contributed by atoms with Crippen molar-refractivity contribution in [1.29, 1.82) is 0 Å². The van der Waals surface area contributed by atoms with E-state index in [2.05, 4.69) is 30.9 Å².